The van der Waals surface area contributed by atoms with E-state index in [0.29, 0.717) is 5.25 Å². The Labute approximate surface area is 103 Å². The first-order valence-electron chi connectivity index (χ1n) is 5.58. The number of benzene rings is 1. The molecule has 1 aliphatic carbocycles. The van der Waals surface area contributed by atoms with E-state index < -0.39 is 11.6 Å². The number of halogens is 2. The lowest BCUT2D eigenvalue weighted by molar-refractivity contribution is 0.539. The monoisotopic (exact) mass is 256 g/mol. The van der Waals surface area contributed by atoms with Gasteiger partial charge in [0.2, 0.25) is 0 Å². The van der Waals surface area contributed by atoms with E-state index in [9.17, 15) is 8.78 Å². The zero-order valence-corrected chi connectivity index (χ0v) is 10.1. The van der Waals surface area contributed by atoms with Gasteiger partial charge in [0.15, 0.2) is 0 Å². The van der Waals surface area contributed by atoms with Crippen LogP contribution in [0.15, 0.2) is 17.0 Å². The summed E-state index contributed by atoms with van der Waals surface area (Å²) in [6.45, 7) is 0. The highest BCUT2D eigenvalue weighted by atomic mass is 32.2. The third-order valence-corrected chi connectivity index (χ3v) is 4.33. The van der Waals surface area contributed by atoms with E-state index in [0.717, 1.165) is 37.8 Å². The van der Waals surface area contributed by atoms with Crippen molar-refractivity contribution >= 4 is 17.6 Å². The fourth-order valence-electron chi connectivity index (χ4n) is 2.00. The molecule has 0 radical (unpaired) electrons. The van der Waals surface area contributed by atoms with E-state index >= 15 is 0 Å². The van der Waals surface area contributed by atoms with Crippen molar-refractivity contribution in [2.45, 2.75) is 35.8 Å². The molecular formula is C12H14F2N2S. The minimum Gasteiger partial charge on any atom is -0.384 e. The van der Waals surface area contributed by atoms with E-state index in [1.165, 1.54) is 11.8 Å². The highest BCUT2D eigenvalue weighted by molar-refractivity contribution is 8.00. The summed E-state index contributed by atoms with van der Waals surface area (Å²) in [4.78, 5) is 0.0573. The van der Waals surface area contributed by atoms with Gasteiger partial charge in [0.05, 0.1) is 4.90 Å². The van der Waals surface area contributed by atoms with Crippen molar-refractivity contribution in [2.24, 2.45) is 5.73 Å². The Morgan fingerprint density at radius 2 is 1.76 bits per heavy atom. The van der Waals surface area contributed by atoms with Crippen LogP contribution in [0.1, 0.15) is 31.2 Å². The van der Waals surface area contributed by atoms with Gasteiger partial charge in [-0.15, -0.1) is 11.8 Å². The van der Waals surface area contributed by atoms with Crippen molar-refractivity contribution in [1.82, 2.24) is 0 Å². The largest absolute Gasteiger partial charge is 0.384 e. The smallest absolute Gasteiger partial charge is 0.140 e. The Morgan fingerprint density at radius 3 is 2.24 bits per heavy atom. The van der Waals surface area contributed by atoms with E-state index in [4.69, 9.17) is 11.1 Å². The van der Waals surface area contributed by atoms with Crippen LogP contribution in [0.5, 0.6) is 0 Å². The predicted octanol–water partition coefficient (Wildman–Crippen LogP) is 3.28. The van der Waals surface area contributed by atoms with Gasteiger partial charge >= 0.3 is 0 Å². The van der Waals surface area contributed by atoms with Crippen LogP contribution in [0.3, 0.4) is 0 Å². The number of nitrogens with two attached hydrogens (primary N) is 1. The quantitative estimate of drug-likeness (QED) is 0.644. The summed E-state index contributed by atoms with van der Waals surface area (Å²) in [5.74, 6) is -1.56. The van der Waals surface area contributed by atoms with Crippen LogP contribution in [-0.4, -0.2) is 11.1 Å². The molecular weight excluding hydrogens is 242 g/mol. The molecule has 0 saturated heterocycles. The molecule has 1 fully saturated rings. The SMILES string of the molecule is N=C(N)c1cc(F)c(SC2CCCC2)c(F)c1. The molecule has 1 aromatic carbocycles. The fourth-order valence-corrected chi connectivity index (χ4v) is 3.25. The second-order valence-electron chi connectivity index (χ2n) is 4.21. The number of nitrogens with one attached hydrogen (secondary N) is 1. The van der Waals surface area contributed by atoms with E-state index in [1.807, 2.05) is 0 Å². The van der Waals surface area contributed by atoms with E-state index in [1.54, 1.807) is 0 Å². The van der Waals surface area contributed by atoms with Gasteiger partial charge < -0.3 is 5.73 Å². The molecule has 17 heavy (non-hydrogen) atoms. The lowest BCUT2D eigenvalue weighted by atomic mass is 10.2. The Bertz CT molecular complexity index is 419. The van der Waals surface area contributed by atoms with Gasteiger partial charge in [-0.05, 0) is 25.0 Å². The number of hydrogen-bond acceptors (Lipinski definition) is 2. The molecule has 3 N–H and O–H groups in total. The van der Waals surface area contributed by atoms with Crippen molar-refractivity contribution in [2.75, 3.05) is 0 Å². The summed E-state index contributed by atoms with van der Waals surface area (Å²) in [5, 5.41) is 7.47. The first-order valence-corrected chi connectivity index (χ1v) is 6.46. The first-order chi connectivity index (χ1) is 8.08. The van der Waals surface area contributed by atoms with Gasteiger partial charge in [-0.3, -0.25) is 5.41 Å². The summed E-state index contributed by atoms with van der Waals surface area (Å²) in [6.07, 6.45) is 4.29. The standard InChI is InChI=1S/C12H14F2N2S/c13-9-5-7(12(15)16)6-10(14)11(9)17-8-3-1-2-4-8/h5-6,8H,1-4H2,(H3,15,16). The molecule has 0 aliphatic heterocycles. The number of thioether (sulfide) groups is 1. The second kappa shape index (κ2) is 5.04. The molecule has 92 valence electrons. The second-order valence-corrected chi connectivity index (χ2v) is 5.52. The van der Waals surface area contributed by atoms with Crippen molar-refractivity contribution in [3.05, 3.63) is 29.3 Å². The van der Waals surface area contributed by atoms with Crippen molar-refractivity contribution in [1.29, 1.82) is 5.41 Å². The van der Waals surface area contributed by atoms with Crippen LogP contribution in [0.4, 0.5) is 8.78 Å². The molecule has 0 bridgehead atoms. The highest BCUT2D eigenvalue weighted by Crippen LogP contribution is 2.37. The fraction of sp³-hybridized carbons (Fsp3) is 0.417. The van der Waals surface area contributed by atoms with Gasteiger partial charge in [0.25, 0.3) is 0 Å². The summed E-state index contributed by atoms with van der Waals surface area (Å²) in [6, 6.07) is 2.26. The molecule has 0 spiro atoms. The minimum atomic E-state index is -0.618. The molecule has 0 unspecified atom stereocenters. The third-order valence-electron chi connectivity index (χ3n) is 2.90. The number of amidine groups is 1. The zero-order valence-electron chi connectivity index (χ0n) is 9.30. The molecule has 0 amide bonds. The molecule has 1 aromatic rings. The van der Waals surface area contributed by atoms with Crippen LogP contribution in [-0.2, 0) is 0 Å². The minimum absolute atomic E-state index is 0.0573. The molecule has 0 atom stereocenters. The van der Waals surface area contributed by atoms with Crippen LogP contribution in [0.2, 0.25) is 0 Å². The van der Waals surface area contributed by atoms with Crippen molar-refractivity contribution in [3.63, 3.8) is 0 Å². The molecule has 1 saturated carbocycles. The Balaban J connectivity index is 2.24. The molecule has 0 heterocycles. The zero-order chi connectivity index (χ0) is 12.4. The van der Waals surface area contributed by atoms with Crippen LogP contribution in [0.25, 0.3) is 0 Å². The molecule has 0 aromatic heterocycles. The van der Waals surface area contributed by atoms with E-state index in [2.05, 4.69) is 0 Å². The maximum absolute atomic E-state index is 13.7. The van der Waals surface area contributed by atoms with Gasteiger partial charge in [0.1, 0.15) is 17.5 Å². The molecule has 2 nitrogen and oxygen atoms in total. The third kappa shape index (κ3) is 2.77. The van der Waals surface area contributed by atoms with Gasteiger partial charge in [-0.2, -0.15) is 0 Å². The van der Waals surface area contributed by atoms with Crippen LogP contribution >= 0.6 is 11.8 Å². The van der Waals surface area contributed by atoms with Crippen LogP contribution in [0, 0.1) is 17.0 Å². The Kier molecular flexibility index (Phi) is 3.66. The highest BCUT2D eigenvalue weighted by Gasteiger charge is 2.21. The number of nitrogen functional groups attached to an aromatic ring is 1. The topological polar surface area (TPSA) is 49.9 Å². The maximum Gasteiger partial charge on any atom is 0.140 e. The maximum atomic E-state index is 13.7. The Morgan fingerprint density at radius 1 is 1.24 bits per heavy atom. The molecule has 5 heteroatoms. The van der Waals surface area contributed by atoms with Gasteiger partial charge in [0, 0.05) is 10.8 Å². The molecule has 2 rings (SSSR count). The lowest BCUT2D eigenvalue weighted by Crippen LogP contribution is -2.12. The normalized spacial score (nSPS) is 16.4. The van der Waals surface area contributed by atoms with Gasteiger partial charge in [-0.25, -0.2) is 8.78 Å². The summed E-state index contributed by atoms with van der Waals surface area (Å²) < 4.78 is 27.4. The van der Waals surface area contributed by atoms with Crippen molar-refractivity contribution in [3.8, 4) is 0 Å². The first kappa shape index (κ1) is 12.4. The average molecular weight is 256 g/mol. The summed E-state index contributed by atoms with van der Waals surface area (Å²) in [7, 11) is 0. The lowest BCUT2D eigenvalue weighted by Gasteiger charge is -2.11. The Hall–Kier alpha value is -1.10. The van der Waals surface area contributed by atoms with Gasteiger partial charge in [-0.1, -0.05) is 12.8 Å². The number of hydrogen-bond donors (Lipinski definition) is 2. The predicted molar refractivity (Wildman–Crippen MR) is 65.5 cm³/mol. The summed E-state index contributed by atoms with van der Waals surface area (Å²) >= 11 is 1.26. The molecule has 1 aliphatic rings. The summed E-state index contributed by atoms with van der Waals surface area (Å²) in [5.41, 5.74) is 5.30. The van der Waals surface area contributed by atoms with Crippen molar-refractivity contribution < 1.29 is 8.78 Å². The van der Waals surface area contributed by atoms with Crippen LogP contribution < -0.4 is 5.73 Å². The average Bonchev–Trinajstić information content (AvgIpc) is 2.75. The number of rotatable bonds is 3. The van der Waals surface area contributed by atoms with E-state index in [-0.39, 0.29) is 16.3 Å².